The maximum absolute atomic E-state index is 12.4. The number of nitro groups is 1. The van der Waals surface area contributed by atoms with Crippen molar-refractivity contribution in [1.82, 2.24) is 24.8 Å². The number of benzene rings is 1. The van der Waals surface area contributed by atoms with Crippen LogP contribution in [0.1, 0.15) is 76.7 Å². The molecule has 0 spiro atoms. The molecule has 3 aromatic rings. The van der Waals surface area contributed by atoms with Crippen molar-refractivity contribution in [2.75, 3.05) is 25.0 Å². The Morgan fingerprint density at radius 3 is 2.68 bits per heavy atom. The second kappa shape index (κ2) is 12.4. The van der Waals surface area contributed by atoms with E-state index in [0.717, 1.165) is 28.3 Å². The van der Waals surface area contributed by atoms with E-state index in [0.29, 0.717) is 26.1 Å². The number of likely N-dealkylation sites (tertiary alicyclic amines) is 1. The van der Waals surface area contributed by atoms with Crippen molar-refractivity contribution in [3.8, 4) is 0 Å². The van der Waals surface area contributed by atoms with Crippen molar-refractivity contribution >= 4 is 23.2 Å². The van der Waals surface area contributed by atoms with E-state index in [1.54, 1.807) is 21.5 Å². The number of aromatic nitrogens is 3. The van der Waals surface area contributed by atoms with Gasteiger partial charge in [0.05, 0.1) is 29.5 Å². The van der Waals surface area contributed by atoms with E-state index < -0.39 is 22.7 Å². The Balaban J connectivity index is 1.46. The first-order chi connectivity index (χ1) is 19.3. The number of carbonyl (C=O) groups excluding carboxylic acids is 1. The fourth-order valence-corrected chi connectivity index (χ4v) is 4.87. The molecule has 1 amide bonds. The van der Waals surface area contributed by atoms with E-state index in [1.165, 1.54) is 6.07 Å². The Hall–Kier alpha value is -3.77. The lowest BCUT2D eigenvalue weighted by Crippen LogP contribution is -2.50. The lowest BCUT2D eigenvalue weighted by molar-refractivity contribution is -0.384. The average molecular weight is 568 g/mol. The molecule has 1 aromatic carbocycles. The summed E-state index contributed by atoms with van der Waals surface area (Å²) in [5.41, 5.74) is 2.81. The van der Waals surface area contributed by atoms with Crippen LogP contribution in [-0.2, 0) is 11.3 Å². The highest BCUT2D eigenvalue weighted by Gasteiger charge is 2.32. The molecule has 0 radical (unpaired) electrons. The Morgan fingerprint density at radius 1 is 1.27 bits per heavy atom. The second-order valence-electron chi connectivity index (χ2n) is 12.0. The summed E-state index contributed by atoms with van der Waals surface area (Å²) in [7, 11) is 0. The minimum Gasteiger partial charge on any atom is -0.444 e. The zero-order valence-corrected chi connectivity index (χ0v) is 24.6. The fraction of sp³-hybridized carbons (Fsp3) is 0.552. The molecular weight excluding hydrogens is 526 g/mol. The zero-order valence-electron chi connectivity index (χ0n) is 24.6. The summed E-state index contributed by atoms with van der Waals surface area (Å²) in [4.78, 5) is 29.7. The van der Waals surface area contributed by atoms with Gasteiger partial charge < -0.3 is 25.4 Å². The normalized spacial score (nSPS) is 18.5. The number of hydrogen-bond acceptors (Lipinski definition) is 9. The monoisotopic (exact) mass is 567 g/mol. The van der Waals surface area contributed by atoms with Gasteiger partial charge in [-0.2, -0.15) is 9.61 Å². The number of aliphatic hydroxyl groups excluding tert-OH is 1. The molecule has 4 rings (SSSR count). The van der Waals surface area contributed by atoms with Crippen LogP contribution < -0.4 is 10.6 Å². The average Bonchev–Trinajstić information content (AvgIpc) is 3.34. The molecule has 41 heavy (non-hydrogen) atoms. The Morgan fingerprint density at radius 2 is 2.02 bits per heavy atom. The molecule has 2 aromatic heterocycles. The van der Waals surface area contributed by atoms with E-state index in [-0.39, 0.29) is 30.1 Å². The van der Waals surface area contributed by atoms with E-state index in [2.05, 4.69) is 29.6 Å². The van der Waals surface area contributed by atoms with Crippen molar-refractivity contribution in [2.24, 2.45) is 5.92 Å². The van der Waals surface area contributed by atoms with E-state index >= 15 is 0 Å². The highest BCUT2D eigenvalue weighted by Crippen LogP contribution is 2.26. The predicted octanol–water partition coefficient (Wildman–Crippen LogP) is 4.64. The van der Waals surface area contributed by atoms with E-state index in [4.69, 9.17) is 9.72 Å². The maximum atomic E-state index is 12.4. The minimum atomic E-state index is -0.666. The number of nitrogens with one attached hydrogen (secondary N) is 2. The Bertz CT molecular complexity index is 1380. The van der Waals surface area contributed by atoms with Crippen molar-refractivity contribution in [3.63, 3.8) is 0 Å². The van der Waals surface area contributed by atoms with Crippen LogP contribution in [0.4, 0.5) is 16.3 Å². The largest absolute Gasteiger partial charge is 0.444 e. The smallest absolute Gasteiger partial charge is 0.410 e. The number of nitrogens with zero attached hydrogens (tertiary/aromatic N) is 5. The molecule has 1 saturated heterocycles. The summed E-state index contributed by atoms with van der Waals surface area (Å²) in [6.45, 7) is 13.4. The quantitative estimate of drug-likeness (QED) is 0.248. The van der Waals surface area contributed by atoms with Gasteiger partial charge >= 0.3 is 6.09 Å². The van der Waals surface area contributed by atoms with Crippen LogP contribution in [0.15, 0.2) is 36.5 Å². The first-order valence-electron chi connectivity index (χ1n) is 14.1. The molecule has 3 N–H and O–H groups in total. The van der Waals surface area contributed by atoms with Crippen LogP contribution in [-0.4, -0.2) is 67.0 Å². The first-order valence-corrected chi connectivity index (χ1v) is 14.1. The third-order valence-corrected chi connectivity index (χ3v) is 7.24. The van der Waals surface area contributed by atoms with E-state index in [1.807, 2.05) is 46.0 Å². The minimum absolute atomic E-state index is 0.0208. The summed E-state index contributed by atoms with van der Waals surface area (Å²) in [5.74, 6) is 0.920. The number of β-amino-alcohol motifs (C(OH)–C–C–N with tert-alkyl or cyclic N) is 1. The summed E-state index contributed by atoms with van der Waals surface area (Å²) in [5, 5.41) is 33.4. The number of carbonyl (C=O) groups is 1. The molecule has 0 bridgehead atoms. The summed E-state index contributed by atoms with van der Waals surface area (Å²) >= 11 is 0. The molecule has 3 atom stereocenters. The van der Waals surface area contributed by atoms with Gasteiger partial charge in [-0.25, -0.2) is 9.78 Å². The molecule has 12 heteroatoms. The predicted molar refractivity (Wildman–Crippen MR) is 156 cm³/mol. The maximum Gasteiger partial charge on any atom is 0.410 e. The standard InChI is InChI=1S/C29H41N7O5/c1-18(2)23-16-32-35-26(31-14-20-8-7-9-22(12-20)36(39)40)13-24(33-27(23)35)19(3)30-15-21-10-11-34(17-25(21)37)28(38)41-29(4,5)6/h7-9,12-13,16,18-19,21,25,30-31,37H,10-11,14-15,17H2,1-6H3/t19?,21-,25+/m1/s1. The molecule has 0 saturated carbocycles. The number of piperidine rings is 1. The van der Waals surface area contributed by atoms with Crippen LogP contribution in [0, 0.1) is 16.0 Å². The van der Waals surface area contributed by atoms with Gasteiger partial charge in [-0.05, 0) is 45.6 Å². The van der Waals surface area contributed by atoms with Crippen molar-refractivity contribution in [1.29, 1.82) is 0 Å². The topological polar surface area (TPSA) is 147 Å². The third kappa shape index (κ3) is 7.50. The van der Waals surface area contributed by atoms with Gasteiger partial charge in [0.1, 0.15) is 11.4 Å². The number of nitro benzene ring substituents is 1. The Labute approximate surface area is 240 Å². The fourth-order valence-electron chi connectivity index (χ4n) is 4.87. The molecule has 1 fully saturated rings. The highest BCUT2D eigenvalue weighted by atomic mass is 16.6. The zero-order chi connectivity index (χ0) is 29.9. The van der Waals surface area contributed by atoms with E-state index in [9.17, 15) is 20.0 Å². The highest BCUT2D eigenvalue weighted by molar-refractivity contribution is 5.68. The van der Waals surface area contributed by atoms with Crippen LogP contribution in [0.5, 0.6) is 0 Å². The van der Waals surface area contributed by atoms with Crippen LogP contribution >= 0.6 is 0 Å². The number of ether oxygens (including phenoxy) is 1. The first kappa shape index (κ1) is 30.2. The number of amides is 1. The lowest BCUT2D eigenvalue weighted by Gasteiger charge is -2.37. The van der Waals surface area contributed by atoms with Gasteiger partial charge in [-0.3, -0.25) is 10.1 Å². The summed E-state index contributed by atoms with van der Waals surface area (Å²) in [6, 6.07) is 8.33. The SMILES string of the molecule is CC(C)c1cnn2c(NCc3cccc([N+](=O)[O-])c3)cc(C(C)NC[C@H]3CCN(C(=O)OC(C)(C)C)C[C@@H]3O)nc12. The van der Waals surface area contributed by atoms with Crippen LogP contribution in [0.2, 0.25) is 0 Å². The number of aliphatic hydroxyl groups is 1. The molecule has 12 nitrogen and oxygen atoms in total. The molecule has 3 heterocycles. The Kier molecular flexibility index (Phi) is 9.13. The number of rotatable bonds is 9. The molecule has 0 aliphatic carbocycles. The second-order valence-corrected chi connectivity index (χ2v) is 12.0. The van der Waals surface area contributed by atoms with Gasteiger partial charge in [0, 0.05) is 55.4 Å². The van der Waals surface area contributed by atoms with Crippen molar-refractivity contribution < 1.29 is 19.6 Å². The van der Waals surface area contributed by atoms with Gasteiger partial charge in [-0.15, -0.1) is 0 Å². The third-order valence-electron chi connectivity index (χ3n) is 7.24. The number of hydrogen-bond donors (Lipinski definition) is 3. The summed E-state index contributed by atoms with van der Waals surface area (Å²) < 4.78 is 7.22. The van der Waals surface area contributed by atoms with Gasteiger partial charge in [-0.1, -0.05) is 26.0 Å². The number of non-ortho nitro benzene ring substituents is 1. The van der Waals surface area contributed by atoms with Crippen molar-refractivity contribution in [3.05, 3.63) is 63.5 Å². The van der Waals surface area contributed by atoms with Gasteiger partial charge in [0.2, 0.25) is 0 Å². The summed E-state index contributed by atoms with van der Waals surface area (Å²) in [6.07, 6.45) is 1.41. The number of anilines is 1. The van der Waals surface area contributed by atoms with Gasteiger partial charge in [0.15, 0.2) is 5.65 Å². The van der Waals surface area contributed by atoms with Crippen LogP contribution in [0.3, 0.4) is 0 Å². The van der Waals surface area contributed by atoms with Crippen molar-refractivity contribution in [2.45, 2.75) is 78.2 Å². The molecule has 1 unspecified atom stereocenters. The molecule has 222 valence electrons. The molecular formula is C29H41N7O5. The molecule has 1 aliphatic heterocycles. The van der Waals surface area contributed by atoms with Gasteiger partial charge in [0.25, 0.3) is 5.69 Å². The molecule has 1 aliphatic rings. The van der Waals surface area contributed by atoms with Crippen LogP contribution in [0.25, 0.3) is 5.65 Å². The lowest BCUT2D eigenvalue weighted by atomic mass is 9.93. The number of fused-ring (bicyclic) bond motifs is 1.